The first-order valence-corrected chi connectivity index (χ1v) is 5.19. The van der Waals surface area contributed by atoms with Crippen LogP contribution >= 0.6 is 0 Å². The van der Waals surface area contributed by atoms with Gasteiger partial charge in [-0.2, -0.15) is 0 Å². The third-order valence-electron chi connectivity index (χ3n) is 1.92. The van der Waals surface area contributed by atoms with Crippen molar-refractivity contribution in [3.05, 3.63) is 0 Å². The summed E-state index contributed by atoms with van der Waals surface area (Å²) in [5.74, 6) is -0.0816. The second-order valence-electron chi connectivity index (χ2n) is 2.95. The third kappa shape index (κ3) is 6.43. The molecule has 0 heterocycles. The maximum absolute atomic E-state index is 11.4. The predicted octanol–water partition coefficient (Wildman–Crippen LogP) is 1.19. The van der Waals surface area contributed by atoms with E-state index in [1.165, 1.54) is 12.2 Å². The van der Waals surface area contributed by atoms with Gasteiger partial charge in [-0.15, -0.1) is 0 Å². The summed E-state index contributed by atoms with van der Waals surface area (Å²) >= 11 is 0. The fourth-order valence-electron chi connectivity index (χ4n) is 1.09. The molecule has 0 fully saturated rings. The van der Waals surface area contributed by atoms with Crippen molar-refractivity contribution in [3.8, 4) is 0 Å². The lowest BCUT2D eigenvalue weighted by Crippen LogP contribution is -2.27. The van der Waals surface area contributed by atoms with Gasteiger partial charge in [0, 0.05) is 33.1 Å². The average Bonchev–Trinajstić information content (AvgIpc) is 2.25. The number of rotatable bonds is 8. The molecule has 0 saturated carbocycles. The summed E-state index contributed by atoms with van der Waals surface area (Å²) in [6.45, 7) is 4.96. The molecule has 0 aliphatic rings. The number of hydrogen-bond acceptors (Lipinski definition) is 4. The smallest absolute Gasteiger partial charge is 0.246 e. The molecular weight excluding hydrogens is 198 g/mol. The zero-order valence-electron chi connectivity index (χ0n) is 9.99. The molecule has 15 heavy (non-hydrogen) atoms. The molecule has 0 aromatic rings. The van der Waals surface area contributed by atoms with Crippen molar-refractivity contribution in [2.75, 3.05) is 27.4 Å². The van der Waals surface area contributed by atoms with E-state index < -0.39 is 0 Å². The highest BCUT2D eigenvalue weighted by Gasteiger charge is 2.13. The minimum Gasteiger partial charge on any atom is -0.353 e. The normalized spacial score (nSPS) is 10.7. The quantitative estimate of drug-likeness (QED) is 0.454. The lowest BCUT2D eigenvalue weighted by atomic mass is 10.3. The summed E-state index contributed by atoms with van der Waals surface area (Å²) in [4.78, 5) is 16.1. The first kappa shape index (κ1) is 14.3. The van der Waals surface area contributed by atoms with Gasteiger partial charge in [0.15, 0.2) is 6.29 Å². The van der Waals surface area contributed by atoms with E-state index in [1.54, 1.807) is 7.05 Å². The van der Waals surface area contributed by atoms with Crippen LogP contribution in [0.5, 0.6) is 0 Å². The predicted molar refractivity (Wildman–Crippen MR) is 56.1 cm³/mol. The summed E-state index contributed by atoms with van der Waals surface area (Å²) in [6.07, 6.45) is 0.609. The van der Waals surface area contributed by atoms with Gasteiger partial charge in [-0.3, -0.25) is 9.63 Å². The summed E-state index contributed by atoms with van der Waals surface area (Å²) < 4.78 is 10.6. The molecule has 0 radical (unpaired) electrons. The molecule has 5 heteroatoms. The van der Waals surface area contributed by atoms with Gasteiger partial charge < -0.3 is 9.47 Å². The van der Waals surface area contributed by atoms with Crippen LogP contribution in [0.1, 0.15) is 26.7 Å². The maximum Gasteiger partial charge on any atom is 0.246 e. The summed E-state index contributed by atoms with van der Waals surface area (Å²) in [7, 11) is 3.04. The summed E-state index contributed by atoms with van der Waals surface area (Å²) in [6, 6.07) is 0. The van der Waals surface area contributed by atoms with Crippen molar-refractivity contribution < 1.29 is 19.1 Å². The van der Waals surface area contributed by atoms with Crippen LogP contribution in [0.25, 0.3) is 0 Å². The van der Waals surface area contributed by atoms with Gasteiger partial charge in [0.1, 0.15) is 0 Å². The molecule has 0 aromatic carbocycles. The number of carbonyl (C=O) groups is 1. The first-order valence-electron chi connectivity index (χ1n) is 5.19. The Hall–Kier alpha value is -0.650. The Balaban J connectivity index is 3.82. The highest BCUT2D eigenvalue weighted by atomic mass is 16.7. The SMILES string of the molecule is CCOC(CCC(=O)N(C)OC)OCC. The number of nitrogens with zero attached hydrogens (tertiary/aromatic N) is 1. The average molecular weight is 219 g/mol. The molecule has 0 N–H and O–H groups in total. The molecule has 0 aliphatic carbocycles. The van der Waals surface area contributed by atoms with E-state index in [4.69, 9.17) is 14.3 Å². The number of hydrogen-bond donors (Lipinski definition) is 0. The van der Waals surface area contributed by atoms with Crippen molar-refractivity contribution in [2.24, 2.45) is 0 Å². The Morgan fingerprint density at radius 2 is 1.80 bits per heavy atom. The molecule has 0 rings (SSSR count). The van der Waals surface area contributed by atoms with Crippen LogP contribution in [-0.2, 0) is 19.1 Å². The molecule has 90 valence electrons. The lowest BCUT2D eigenvalue weighted by Gasteiger charge is -2.18. The topological polar surface area (TPSA) is 48.0 Å². The molecule has 0 aliphatic heterocycles. The van der Waals surface area contributed by atoms with Gasteiger partial charge in [0.2, 0.25) is 5.91 Å². The van der Waals surface area contributed by atoms with Crippen LogP contribution in [0, 0.1) is 0 Å². The van der Waals surface area contributed by atoms with Crippen LogP contribution < -0.4 is 0 Å². The summed E-state index contributed by atoms with van der Waals surface area (Å²) in [5, 5.41) is 1.20. The highest BCUT2D eigenvalue weighted by molar-refractivity contribution is 5.74. The van der Waals surface area contributed by atoms with Gasteiger partial charge in [-0.25, -0.2) is 5.06 Å². The number of carbonyl (C=O) groups excluding carboxylic acids is 1. The van der Waals surface area contributed by atoms with E-state index in [0.29, 0.717) is 26.1 Å². The van der Waals surface area contributed by atoms with Crippen molar-refractivity contribution in [1.82, 2.24) is 5.06 Å². The Morgan fingerprint density at radius 3 is 2.20 bits per heavy atom. The van der Waals surface area contributed by atoms with Crippen molar-refractivity contribution in [3.63, 3.8) is 0 Å². The largest absolute Gasteiger partial charge is 0.353 e. The standard InChI is InChI=1S/C10H21NO4/c1-5-14-10(15-6-2)8-7-9(12)11(3)13-4/h10H,5-8H2,1-4H3. The molecule has 5 nitrogen and oxygen atoms in total. The van der Waals surface area contributed by atoms with Crippen LogP contribution in [-0.4, -0.2) is 44.6 Å². The van der Waals surface area contributed by atoms with Crippen molar-refractivity contribution in [1.29, 1.82) is 0 Å². The molecule has 0 unspecified atom stereocenters. The van der Waals surface area contributed by atoms with E-state index in [2.05, 4.69) is 0 Å². The molecular formula is C10H21NO4. The zero-order chi connectivity index (χ0) is 11.7. The van der Waals surface area contributed by atoms with E-state index in [9.17, 15) is 4.79 Å². The Morgan fingerprint density at radius 1 is 1.27 bits per heavy atom. The molecule has 0 bridgehead atoms. The Labute approximate surface area is 91.2 Å². The summed E-state index contributed by atoms with van der Waals surface area (Å²) in [5.41, 5.74) is 0. The van der Waals surface area contributed by atoms with E-state index >= 15 is 0 Å². The van der Waals surface area contributed by atoms with Crippen LogP contribution in [0.4, 0.5) is 0 Å². The van der Waals surface area contributed by atoms with Gasteiger partial charge in [-0.05, 0) is 13.8 Å². The molecule has 0 saturated heterocycles. The number of amides is 1. The minimum atomic E-state index is -0.297. The monoisotopic (exact) mass is 219 g/mol. The molecule has 0 spiro atoms. The van der Waals surface area contributed by atoms with Crippen LogP contribution in [0.15, 0.2) is 0 Å². The van der Waals surface area contributed by atoms with E-state index in [0.717, 1.165) is 0 Å². The van der Waals surface area contributed by atoms with Gasteiger partial charge in [0.05, 0.1) is 7.11 Å². The lowest BCUT2D eigenvalue weighted by molar-refractivity contribution is -0.174. The number of ether oxygens (including phenoxy) is 2. The second-order valence-corrected chi connectivity index (χ2v) is 2.95. The molecule has 1 amide bonds. The first-order chi connectivity index (χ1) is 7.15. The fourth-order valence-corrected chi connectivity index (χ4v) is 1.09. The molecule has 0 aromatic heterocycles. The second kappa shape index (κ2) is 8.64. The third-order valence-corrected chi connectivity index (χ3v) is 1.92. The minimum absolute atomic E-state index is 0.0816. The number of hydroxylamine groups is 2. The van der Waals surface area contributed by atoms with Crippen LogP contribution in [0.3, 0.4) is 0 Å². The van der Waals surface area contributed by atoms with Gasteiger partial charge in [0.25, 0.3) is 0 Å². The zero-order valence-corrected chi connectivity index (χ0v) is 9.99. The maximum atomic E-state index is 11.4. The highest BCUT2D eigenvalue weighted by Crippen LogP contribution is 2.06. The van der Waals surface area contributed by atoms with Gasteiger partial charge >= 0.3 is 0 Å². The van der Waals surface area contributed by atoms with Crippen LogP contribution in [0.2, 0.25) is 0 Å². The molecule has 0 atom stereocenters. The Bertz CT molecular complexity index is 169. The Kier molecular flexibility index (Phi) is 8.27. The van der Waals surface area contributed by atoms with Crippen molar-refractivity contribution >= 4 is 5.91 Å². The van der Waals surface area contributed by atoms with Crippen molar-refractivity contribution in [2.45, 2.75) is 33.0 Å². The fraction of sp³-hybridized carbons (Fsp3) is 0.900. The van der Waals surface area contributed by atoms with E-state index in [-0.39, 0.29) is 12.2 Å². The van der Waals surface area contributed by atoms with Gasteiger partial charge in [-0.1, -0.05) is 0 Å². The van der Waals surface area contributed by atoms with E-state index in [1.807, 2.05) is 13.8 Å².